The van der Waals surface area contributed by atoms with Crippen LogP contribution in [0.1, 0.15) is 12.8 Å². The van der Waals surface area contributed by atoms with Crippen molar-refractivity contribution in [1.82, 2.24) is 14.5 Å². The van der Waals surface area contributed by atoms with Crippen LogP contribution in [-0.4, -0.2) is 39.7 Å². The van der Waals surface area contributed by atoms with Crippen molar-refractivity contribution >= 4 is 11.0 Å². The second-order valence-corrected chi connectivity index (χ2v) is 5.51. The van der Waals surface area contributed by atoms with E-state index in [1.807, 2.05) is 0 Å². The molecule has 102 valence electrons. The number of phenolic OH excluding ortho intramolecular Hbond substituents is 1. The first-order valence-electron chi connectivity index (χ1n) is 6.73. The van der Waals surface area contributed by atoms with Gasteiger partial charge in [-0.1, -0.05) is 0 Å². The molecule has 0 aliphatic carbocycles. The minimum Gasteiger partial charge on any atom is -0.508 e. The summed E-state index contributed by atoms with van der Waals surface area (Å²) in [5.41, 5.74) is 1.49. The van der Waals surface area contributed by atoms with Gasteiger partial charge in [-0.3, -0.25) is 4.57 Å². The van der Waals surface area contributed by atoms with Gasteiger partial charge >= 0.3 is 5.69 Å². The fourth-order valence-corrected chi connectivity index (χ4v) is 3.00. The van der Waals surface area contributed by atoms with Crippen molar-refractivity contribution in [3.63, 3.8) is 0 Å². The number of rotatable bonds is 2. The molecule has 0 radical (unpaired) electrons. The van der Waals surface area contributed by atoms with Gasteiger partial charge in [0.2, 0.25) is 0 Å². The van der Waals surface area contributed by atoms with E-state index in [-0.39, 0.29) is 11.4 Å². The highest BCUT2D eigenvalue weighted by Gasteiger charge is 2.19. The van der Waals surface area contributed by atoms with Crippen molar-refractivity contribution in [1.29, 1.82) is 0 Å². The maximum atomic E-state index is 12.0. The number of aromatic nitrogens is 2. The quantitative estimate of drug-likeness (QED) is 0.858. The lowest BCUT2D eigenvalue weighted by Crippen LogP contribution is -2.35. The Kier molecular flexibility index (Phi) is 3.06. The van der Waals surface area contributed by atoms with Crippen LogP contribution in [0.5, 0.6) is 5.75 Å². The summed E-state index contributed by atoms with van der Waals surface area (Å²) in [6, 6.07) is 4.99. The van der Waals surface area contributed by atoms with Crippen molar-refractivity contribution in [3.05, 3.63) is 28.7 Å². The summed E-state index contributed by atoms with van der Waals surface area (Å²) >= 11 is 0. The van der Waals surface area contributed by atoms with Crippen LogP contribution in [0.3, 0.4) is 0 Å². The van der Waals surface area contributed by atoms with Gasteiger partial charge in [0.1, 0.15) is 5.75 Å². The highest BCUT2D eigenvalue weighted by Crippen LogP contribution is 2.21. The van der Waals surface area contributed by atoms with Crippen molar-refractivity contribution in [2.75, 3.05) is 20.1 Å². The Morgan fingerprint density at radius 3 is 3.11 bits per heavy atom. The van der Waals surface area contributed by atoms with Gasteiger partial charge in [0.25, 0.3) is 0 Å². The Labute approximate surface area is 111 Å². The van der Waals surface area contributed by atoms with Crippen molar-refractivity contribution < 1.29 is 5.11 Å². The Morgan fingerprint density at radius 2 is 2.32 bits per heavy atom. The molecule has 5 nitrogen and oxygen atoms in total. The van der Waals surface area contributed by atoms with Gasteiger partial charge in [0.05, 0.1) is 11.0 Å². The molecule has 0 amide bonds. The molecule has 1 atom stereocenters. The molecule has 1 saturated heterocycles. The third-order valence-corrected chi connectivity index (χ3v) is 3.92. The molecule has 1 unspecified atom stereocenters. The van der Waals surface area contributed by atoms with Gasteiger partial charge in [-0.25, -0.2) is 4.79 Å². The molecule has 0 saturated carbocycles. The molecule has 1 aliphatic heterocycles. The highest BCUT2D eigenvalue weighted by molar-refractivity contribution is 5.76. The van der Waals surface area contributed by atoms with E-state index >= 15 is 0 Å². The smallest absolute Gasteiger partial charge is 0.326 e. The molecule has 1 aromatic carbocycles. The number of hydrogen-bond donors (Lipinski definition) is 2. The number of aromatic hydroxyl groups is 1. The Balaban J connectivity index is 1.93. The number of aromatic amines is 1. The summed E-state index contributed by atoms with van der Waals surface area (Å²) in [7, 11) is 2.12. The molecule has 2 heterocycles. The predicted molar refractivity (Wildman–Crippen MR) is 74.4 cm³/mol. The normalized spacial score (nSPS) is 21.0. The van der Waals surface area contributed by atoms with Crippen LogP contribution < -0.4 is 5.69 Å². The lowest BCUT2D eigenvalue weighted by atomic mass is 9.98. The largest absolute Gasteiger partial charge is 0.508 e. The first kappa shape index (κ1) is 12.3. The van der Waals surface area contributed by atoms with Crippen molar-refractivity contribution in [3.8, 4) is 5.75 Å². The second kappa shape index (κ2) is 4.74. The zero-order valence-electron chi connectivity index (χ0n) is 11.1. The van der Waals surface area contributed by atoms with Gasteiger partial charge in [0, 0.05) is 19.2 Å². The van der Waals surface area contributed by atoms with Gasteiger partial charge in [-0.05, 0) is 44.5 Å². The number of fused-ring (bicyclic) bond motifs is 1. The summed E-state index contributed by atoms with van der Waals surface area (Å²) in [5, 5.41) is 9.57. The minimum absolute atomic E-state index is 0.0890. The fourth-order valence-electron chi connectivity index (χ4n) is 3.00. The predicted octanol–water partition coefficient (Wildman–Crippen LogP) is 1.38. The second-order valence-electron chi connectivity index (χ2n) is 5.51. The van der Waals surface area contributed by atoms with E-state index in [9.17, 15) is 9.90 Å². The lowest BCUT2D eigenvalue weighted by Gasteiger charge is -2.29. The number of piperidine rings is 1. The number of nitrogens with one attached hydrogen (secondary N) is 1. The molecular formula is C14H19N3O2. The number of phenols is 1. The SMILES string of the molecule is CN1CCCC(Cn2c(=O)[nH]c3ccc(O)cc32)C1. The summed E-state index contributed by atoms with van der Waals surface area (Å²) in [5.74, 6) is 0.693. The first-order valence-corrected chi connectivity index (χ1v) is 6.73. The van der Waals surface area contributed by atoms with Crippen LogP contribution >= 0.6 is 0 Å². The van der Waals surface area contributed by atoms with Crippen LogP contribution in [0.2, 0.25) is 0 Å². The molecule has 0 bridgehead atoms. The topological polar surface area (TPSA) is 61.3 Å². The van der Waals surface area contributed by atoms with Crippen LogP contribution in [-0.2, 0) is 6.54 Å². The van der Waals surface area contributed by atoms with Crippen LogP contribution in [0, 0.1) is 5.92 Å². The number of H-pyrrole nitrogens is 1. The minimum atomic E-state index is -0.0890. The van der Waals surface area contributed by atoms with E-state index in [4.69, 9.17) is 0 Å². The number of benzene rings is 1. The van der Waals surface area contributed by atoms with E-state index in [0.717, 1.165) is 30.5 Å². The molecule has 0 spiro atoms. The van der Waals surface area contributed by atoms with Crippen LogP contribution in [0.25, 0.3) is 11.0 Å². The van der Waals surface area contributed by atoms with Crippen molar-refractivity contribution in [2.45, 2.75) is 19.4 Å². The molecular weight excluding hydrogens is 242 g/mol. The number of likely N-dealkylation sites (tertiary alicyclic amines) is 1. The van der Waals surface area contributed by atoms with E-state index in [1.165, 1.54) is 6.42 Å². The van der Waals surface area contributed by atoms with Crippen LogP contribution in [0.15, 0.2) is 23.0 Å². The zero-order valence-corrected chi connectivity index (χ0v) is 11.1. The fraction of sp³-hybridized carbons (Fsp3) is 0.500. The molecule has 1 aliphatic rings. The molecule has 5 heteroatoms. The number of hydrogen-bond acceptors (Lipinski definition) is 3. The van der Waals surface area contributed by atoms with Gasteiger partial charge in [0.15, 0.2) is 0 Å². The first-order chi connectivity index (χ1) is 9.13. The monoisotopic (exact) mass is 261 g/mol. The molecule has 2 aromatic rings. The number of nitrogens with zero attached hydrogens (tertiary/aromatic N) is 2. The Bertz CT molecular complexity index is 644. The average molecular weight is 261 g/mol. The molecule has 19 heavy (non-hydrogen) atoms. The molecule has 1 fully saturated rings. The third kappa shape index (κ3) is 2.38. The van der Waals surface area contributed by atoms with E-state index in [0.29, 0.717) is 12.5 Å². The van der Waals surface area contributed by atoms with Gasteiger partial charge < -0.3 is 15.0 Å². The van der Waals surface area contributed by atoms with E-state index in [1.54, 1.807) is 22.8 Å². The zero-order chi connectivity index (χ0) is 13.4. The van der Waals surface area contributed by atoms with Gasteiger partial charge in [-0.2, -0.15) is 0 Å². The van der Waals surface area contributed by atoms with E-state index < -0.39 is 0 Å². The van der Waals surface area contributed by atoms with E-state index in [2.05, 4.69) is 16.9 Å². The standard InChI is InChI=1S/C14H19N3O2/c1-16-6-2-3-10(8-16)9-17-13-7-11(18)4-5-12(13)15-14(17)19/h4-5,7,10,18H,2-3,6,8-9H2,1H3,(H,15,19). The summed E-state index contributed by atoms with van der Waals surface area (Å²) in [4.78, 5) is 17.2. The van der Waals surface area contributed by atoms with Crippen LogP contribution in [0.4, 0.5) is 0 Å². The third-order valence-electron chi connectivity index (χ3n) is 3.92. The molecule has 3 rings (SSSR count). The summed E-state index contributed by atoms with van der Waals surface area (Å²) < 4.78 is 1.75. The lowest BCUT2D eigenvalue weighted by molar-refractivity contribution is 0.194. The maximum Gasteiger partial charge on any atom is 0.326 e. The Morgan fingerprint density at radius 1 is 1.47 bits per heavy atom. The van der Waals surface area contributed by atoms with Gasteiger partial charge in [-0.15, -0.1) is 0 Å². The summed E-state index contributed by atoms with van der Waals surface area (Å²) in [6.07, 6.45) is 2.34. The van der Waals surface area contributed by atoms with Crippen molar-refractivity contribution in [2.24, 2.45) is 5.92 Å². The maximum absolute atomic E-state index is 12.0. The highest BCUT2D eigenvalue weighted by atomic mass is 16.3. The summed E-state index contributed by atoms with van der Waals surface area (Å²) in [6.45, 7) is 2.88. The average Bonchev–Trinajstić information content (AvgIpc) is 2.66. The molecule has 1 aromatic heterocycles. The Hall–Kier alpha value is -1.75. The molecule has 2 N–H and O–H groups in total. The number of imidazole rings is 1.